The molecule has 178 valence electrons. The predicted molar refractivity (Wildman–Crippen MR) is 136 cm³/mol. The zero-order valence-electron chi connectivity index (χ0n) is 20.2. The first-order valence-corrected chi connectivity index (χ1v) is 11.8. The second kappa shape index (κ2) is 12.6. The van der Waals surface area contributed by atoms with E-state index in [1.54, 1.807) is 18.9 Å². The summed E-state index contributed by atoms with van der Waals surface area (Å²) in [6.07, 6.45) is 1.11. The van der Waals surface area contributed by atoms with Crippen LogP contribution >= 0.6 is 0 Å². The van der Waals surface area contributed by atoms with Crippen molar-refractivity contribution in [2.24, 2.45) is 0 Å². The van der Waals surface area contributed by atoms with Gasteiger partial charge in [-0.15, -0.1) is 0 Å². The van der Waals surface area contributed by atoms with Gasteiger partial charge >= 0.3 is 0 Å². The SMILES string of the molecule is CCCNC(=O)[C@@H](C)N(Cc1cccc(OC)c1)C(=O)CC(c1ccccc1)c1ccccc1. The Morgan fingerprint density at radius 1 is 0.912 bits per heavy atom. The predicted octanol–water partition coefficient (Wildman–Crippen LogP) is 5.16. The Bertz CT molecular complexity index is 1010. The molecule has 2 amide bonds. The summed E-state index contributed by atoms with van der Waals surface area (Å²) in [6, 6.07) is 27.1. The van der Waals surface area contributed by atoms with E-state index >= 15 is 0 Å². The minimum atomic E-state index is -0.600. The van der Waals surface area contributed by atoms with Crippen LogP contribution in [0.5, 0.6) is 5.75 Å². The normalized spacial score (nSPS) is 11.6. The number of amides is 2. The average Bonchev–Trinajstić information content (AvgIpc) is 2.89. The summed E-state index contributed by atoms with van der Waals surface area (Å²) in [5.74, 6) is 0.404. The summed E-state index contributed by atoms with van der Waals surface area (Å²) >= 11 is 0. The fourth-order valence-electron chi connectivity index (χ4n) is 4.04. The van der Waals surface area contributed by atoms with Crippen LogP contribution in [0, 0.1) is 0 Å². The summed E-state index contributed by atoms with van der Waals surface area (Å²) in [4.78, 5) is 28.3. The molecule has 5 heteroatoms. The maximum Gasteiger partial charge on any atom is 0.242 e. The van der Waals surface area contributed by atoms with Crippen molar-refractivity contribution in [3.05, 3.63) is 102 Å². The van der Waals surface area contributed by atoms with Gasteiger partial charge in [-0.05, 0) is 42.2 Å². The topological polar surface area (TPSA) is 58.6 Å². The van der Waals surface area contributed by atoms with Crippen LogP contribution in [0.15, 0.2) is 84.9 Å². The molecule has 0 saturated carbocycles. The van der Waals surface area contributed by atoms with Crippen molar-refractivity contribution >= 4 is 11.8 Å². The number of nitrogens with one attached hydrogen (secondary N) is 1. The number of hydrogen-bond donors (Lipinski definition) is 1. The van der Waals surface area contributed by atoms with E-state index in [9.17, 15) is 9.59 Å². The molecule has 0 fully saturated rings. The maximum absolute atomic E-state index is 13.8. The zero-order chi connectivity index (χ0) is 24.3. The Hall–Kier alpha value is -3.60. The average molecular weight is 459 g/mol. The lowest BCUT2D eigenvalue weighted by Gasteiger charge is -2.30. The second-order valence-electron chi connectivity index (χ2n) is 8.42. The summed E-state index contributed by atoms with van der Waals surface area (Å²) in [5, 5.41) is 2.93. The minimum absolute atomic E-state index is 0.0697. The molecule has 0 heterocycles. The molecule has 3 aromatic rings. The molecule has 0 aliphatic rings. The van der Waals surface area contributed by atoms with Gasteiger partial charge in [-0.1, -0.05) is 79.7 Å². The second-order valence-corrected chi connectivity index (χ2v) is 8.42. The van der Waals surface area contributed by atoms with Crippen LogP contribution in [0.25, 0.3) is 0 Å². The summed E-state index contributed by atoms with van der Waals surface area (Å²) < 4.78 is 5.36. The fourth-order valence-corrected chi connectivity index (χ4v) is 4.04. The van der Waals surface area contributed by atoms with Gasteiger partial charge in [0.1, 0.15) is 11.8 Å². The van der Waals surface area contributed by atoms with Crippen molar-refractivity contribution in [1.82, 2.24) is 10.2 Å². The number of benzene rings is 3. The first kappa shape index (κ1) is 25.0. The molecule has 0 aliphatic heterocycles. The Balaban J connectivity index is 1.91. The van der Waals surface area contributed by atoms with Gasteiger partial charge in [0.2, 0.25) is 11.8 Å². The molecule has 1 atom stereocenters. The van der Waals surface area contributed by atoms with Crippen LogP contribution in [-0.2, 0) is 16.1 Å². The maximum atomic E-state index is 13.8. The minimum Gasteiger partial charge on any atom is -0.497 e. The van der Waals surface area contributed by atoms with Gasteiger partial charge in [-0.3, -0.25) is 9.59 Å². The lowest BCUT2D eigenvalue weighted by atomic mass is 9.88. The standard InChI is InChI=1S/C29H34N2O3/c1-4-18-30-29(33)22(2)31(21-23-12-11-17-26(19-23)34-3)28(32)20-27(24-13-7-5-8-14-24)25-15-9-6-10-16-25/h5-17,19,22,27H,4,18,20-21H2,1-3H3,(H,30,33)/t22-/m1/s1. The van der Waals surface area contributed by atoms with Crippen LogP contribution in [0.2, 0.25) is 0 Å². The van der Waals surface area contributed by atoms with Gasteiger partial charge < -0.3 is 15.0 Å². The van der Waals surface area contributed by atoms with Crippen LogP contribution < -0.4 is 10.1 Å². The summed E-state index contributed by atoms with van der Waals surface area (Å²) in [7, 11) is 1.62. The van der Waals surface area contributed by atoms with E-state index < -0.39 is 6.04 Å². The highest BCUT2D eigenvalue weighted by Crippen LogP contribution is 2.29. The van der Waals surface area contributed by atoms with Crippen molar-refractivity contribution in [2.75, 3.05) is 13.7 Å². The van der Waals surface area contributed by atoms with Crippen molar-refractivity contribution in [1.29, 1.82) is 0 Å². The lowest BCUT2D eigenvalue weighted by Crippen LogP contribution is -2.48. The van der Waals surface area contributed by atoms with E-state index in [2.05, 4.69) is 29.6 Å². The van der Waals surface area contributed by atoms with E-state index in [0.717, 1.165) is 28.9 Å². The lowest BCUT2D eigenvalue weighted by molar-refractivity contribution is -0.140. The number of hydrogen-bond acceptors (Lipinski definition) is 3. The first-order valence-electron chi connectivity index (χ1n) is 11.8. The highest BCUT2D eigenvalue weighted by molar-refractivity contribution is 5.87. The monoisotopic (exact) mass is 458 g/mol. The van der Waals surface area contributed by atoms with E-state index in [-0.39, 0.29) is 24.2 Å². The van der Waals surface area contributed by atoms with Crippen molar-refractivity contribution in [3.63, 3.8) is 0 Å². The van der Waals surface area contributed by atoms with E-state index in [0.29, 0.717) is 13.1 Å². The Morgan fingerprint density at radius 2 is 1.53 bits per heavy atom. The summed E-state index contributed by atoms with van der Waals surface area (Å²) in [6.45, 7) is 4.71. The molecule has 1 N–H and O–H groups in total. The molecule has 0 unspecified atom stereocenters. The number of carbonyl (C=O) groups is 2. The molecule has 5 nitrogen and oxygen atoms in total. The molecule has 0 saturated heterocycles. The molecule has 3 rings (SSSR count). The third-order valence-corrected chi connectivity index (χ3v) is 5.99. The molecular formula is C29H34N2O3. The number of ether oxygens (including phenoxy) is 1. The van der Waals surface area contributed by atoms with Gasteiger partial charge in [0, 0.05) is 25.4 Å². The quantitative estimate of drug-likeness (QED) is 0.432. The molecule has 0 spiro atoms. The first-order chi connectivity index (χ1) is 16.5. The largest absolute Gasteiger partial charge is 0.497 e. The van der Waals surface area contributed by atoms with E-state index in [1.165, 1.54) is 0 Å². The third kappa shape index (κ3) is 6.70. The number of nitrogens with zero attached hydrogens (tertiary/aromatic N) is 1. The van der Waals surface area contributed by atoms with E-state index in [4.69, 9.17) is 4.74 Å². The Kier molecular flexibility index (Phi) is 9.27. The smallest absolute Gasteiger partial charge is 0.242 e. The summed E-state index contributed by atoms with van der Waals surface area (Å²) in [5.41, 5.74) is 3.07. The van der Waals surface area contributed by atoms with Crippen molar-refractivity contribution in [2.45, 2.75) is 45.2 Å². The van der Waals surface area contributed by atoms with Crippen molar-refractivity contribution in [3.8, 4) is 5.75 Å². The molecule has 0 radical (unpaired) electrons. The highest BCUT2D eigenvalue weighted by atomic mass is 16.5. The van der Waals surface area contributed by atoms with Gasteiger partial charge in [-0.25, -0.2) is 0 Å². The molecule has 0 aromatic heterocycles. The number of methoxy groups -OCH3 is 1. The van der Waals surface area contributed by atoms with Crippen LogP contribution in [0.1, 0.15) is 49.3 Å². The van der Waals surface area contributed by atoms with Crippen molar-refractivity contribution < 1.29 is 14.3 Å². The van der Waals surface area contributed by atoms with Gasteiger partial charge in [-0.2, -0.15) is 0 Å². The van der Waals surface area contributed by atoms with Crippen LogP contribution in [0.3, 0.4) is 0 Å². The highest BCUT2D eigenvalue weighted by Gasteiger charge is 2.29. The molecule has 34 heavy (non-hydrogen) atoms. The molecule has 0 aliphatic carbocycles. The molecular weight excluding hydrogens is 424 g/mol. The third-order valence-electron chi connectivity index (χ3n) is 5.99. The van der Waals surface area contributed by atoms with E-state index in [1.807, 2.05) is 67.6 Å². The van der Waals surface area contributed by atoms with Gasteiger partial charge in [0.05, 0.1) is 7.11 Å². The Morgan fingerprint density at radius 3 is 2.09 bits per heavy atom. The number of rotatable bonds is 11. The van der Waals surface area contributed by atoms with Gasteiger partial charge in [0.25, 0.3) is 0 Å². The fraction of sp³-hybridized carbons (Fsp3) is 0.310. The molecule has 0 bridgehead atoms. The van der Waals surface area contributed by atoms with Crippen LogP contribution in [0.4, 0.5) is 0 Å². The molecule has 3 aromatic carbocycles. The number of carbonyl (C=O) groups excluding carboxylic acids is 2. The Labute approximate surface area is 202 Å². The zero-order valence-corrected chi connectivity index (χ0v) is 20.2. The van der Waals surface area contributed by atoms with Crippen LogP contribution in [-0.4, -0.2) is 36.4 Å². The van der Waals surface area contributed by atoms with Gasteiger partial charge in [0.15, 0.2) is 0 Å².